The van der Waals surface area contributed by atoms with Gasteiger partial charge in [0.25, 0.3) is 0 Å². The van der Waals surface area contributed by atoms with Crippen LogP contribution in [-0.2, 0) is 0 Å². The van der Waals surface area contributed by atoms with Crippen molar-refractivity contribution in [3.05, 3.63) is 24.3 Å². The Kier molecular flexibility index (Phi) is 3.58. The second kappa shape index (κ2) is 5.87. The fraction of sp³-hybridized carbons (Fsp3) is 0.500. The second-order valence-electron chi connectivity index (χ2n) is 6.05. The topological polar surface area (TPSA) is 68.0 Å². The lowest BCUT2D eigenvalue weighted by atomic mass is 9.97. The quantitative estimate of drug-likeness (QED) is 0.786. The number of hydrogen-bond acceptors (Lipinski definition) is 5. The van der Waals surface area contributed by atoms with Crippen LogP contribution in [0.2, 0.25) is 0 Å². The van der Waals surface area contributed by atoms with Crippen LogP contribution >= 0.6 is 0 Å². The average Bonchev–Trinajstić information content (AvgIpc) is 3.00. The minimum atomic E-state index is 0.467. The van der Waals surface area contributed by atoms with E-state index in [1.807, 2.05) is 24.3 Å². The summed E-state index contributed by atoms with van der Waals surface area (Å²) in [4.78, 5) is 4.75. The Hall–Kier alpha value is -2.24. The minimum Gasteiger partial charge on any atom is -0.364 e. The molecule has 0 atom stereocenters. The molecule has 4 rings (SSSR count). The lowest BCUT2D eigenvalue weighted by Gasteiger charge is -2.21. The maximum Gasteiger partial charge on any atom is 0.222 e. The first kappa shape index (κ1) is 13.4. The highest BCUT2D eigenvalue weighted by Gasteiger charge is 2.16. The van der Waals surface area contributed by atoms with Crippen LogP contribution in [0.25, 0.3) is 16.7 Å². The Morgan fingerprint density at radius 2 is 1.77 bits per heavy atom. The van der Waals surface area contributed by atoms with Gasteiger partial charge in [0.2, 0.25) is 5.65 Å². The third kappa shape index (κ3) is 2.49. The number of nitrogens with zero attached hydrogens (tertiary/aromatic N) is 5. The van der Waals surface area contributed by atoms with E-state index in [1.165, 1.54) is 44.9 Å². The molecule has 0 unspecified atom stereocenters. The third-order valence-electron chi connectivity index (χ3n) is 4.47. The van der Waals surface area contributed by atoms with Crippen LogP contribution in [0.1, 0.15) is 44.9 Å². The number of para-hydroxylation sites is 2. The summed E-state index contributed by atoms with van der Waals surface area (Å²) in [6.07, 6.45) is 9.01. The molecule has 1 aliphatic carbocycles. The Morgan fingerprint density at radius 3 is 2.64 bits per heavy atom. The molecule has 0 saturated heterocycles. The summed E-state index contributed by atoms with van der Waals surface area (Å²) in [5.41, 5.74) is 2.56. The smallest absolute Gasteiger partial charge is 0.222 e. The highest BCUT2D eigenvalue weighted by molar-refractivity contribution is 5.81. The molecule has 1 saturated carbocycles. The summed E-state index contributed by atoms with van der Waals surface area (Å²) in [5, 5.41) is 15.7. The van der Waals surface area contributed by atoms with Gasteiger partial charge in [-0.1, -0.05) is 44.2 Å². The van der Waals surface area contributed by atoms with Gasteiger partial charge in [0.15, 0.2) is 5.82 Å². The number of hydrogen-bond donors (Lipinski definition) is 1. The van der Waals surface area contributed by atoms with Crippen molar-refractivity contribution in [2.45, 2.75) is 51.0 Å². The van der Waals surface area contributed by atoms with Crippen molar-refractivity contribution in [2.75, 3.05) is 5.32 Å². The third-order valence-corrected chi connectivity index (χ3v) is 4.47. The molecule has 6 nitrogen and oxygen atoms in total. The summed E-state index contributed by atoms with van der Waals surface area (Å²) in [6.45, 7) is 0. The highest BCUT2D eigenvalue weighted by Crippen LogP contribution is 2.23. The number of fused-ring (bicyclic) bond motifs is 3. The fourth-order valence-electron chi connectivity index (χ4n) is 3.30. The van der Waals surface area contributed by atoms with E-state index >= 15 is 0 Å². The van der Waals surface area contributed by atoms with Crippen LogP contribution in [-0.4, -0.2) is 31.1 Å². The largest absolute Gasteiger partial charge is 0.364 e. The van der Waals surface area contributed by atoms with E-state index in [9.17, 15) is 0 Å². The van der Waals surface area contributed by atoms with Crippen molar-refractivity contribution in [1.82, 2.24) is 25.0 Å². The van der Waals surface area contributed by atoms with E-state index in [0.29, 0.717) is 11.7 Å². The molecule has 1 fully saturated rings. The first-order valence-electron chi connectivity index (χ1n) is 8.15. The predicted octanol–water partition coefficient (Wildman–Crippen LogP) is 3.20. The summed E-state index contributed by atoms with van der Waals surface area (Å²) >= 11 is 0. The molecule has 0 amide bonds. The molecule has 2 aromatic heterocycles. The first-order chi connectivity index (χ1) is 10.9. The zero-order chi connectivity index (χ0) is 14.8. The van der Waals surface area contributed by atoms with E-state index in [1.54, 1.807) is 4.52 Å². The molecule has 0 aliphatic heterocycles. The number of rotatable bonds is 2. The highest BCUT2D eigenvalue weighted by atomic mass is 15.5. The van der Waals surface area contributed by atoms with Gasteiger partial charge in [-0.25, -0.2) is 4.98 Å². The Bertz CT molecular complexity index is 773. The van der Waals surface area contributed by atoms with E-state index in [-0.39, 0.29) is 0 Å². The Morgan fingerprint density at radius 1 is 1.00 bits per heavy atom. The standard InChI is InChI=1S/C16H20N6/c1-2-4-8-12(9-5-3-1)17-15-16-19-20-21-22(16)14-11-7-6-10-13(14)18-15/h6-7,10-12H,1-5,8-9H2,(H,17,18). The molecule has 6 heteroatoms. The molecule has 0 spiro atoms. The monoisotopic (exact) mass is 296 g/mol. The fourth-order valence-corrected chi connectivity index (χ4v) is 3.30. The van der Waals surface area contributed by atoms with Crippen molar-refractivity contribution in [1.29, 1.82) is 0 Å². The van der Waals surface area contributed by atoms with Gasteiger partial charge >= 0.3 is 0 Å². The van der Waals surface area contributed by atoms with Crippen LogP contribution < -0.4 is 5.32 Å². The number of aromatic nitrogens is 5. The van der Waals surface area contributed by atoms with Gasteiger partial charge in [0, 0.05) is 6.04 Å². The van der Waals surface area contributed by atoms with Crippen molar-refractivity contribution in [3.63, 3.8) is 0 Å². The Balaban J connectivity index is 1.71. The van der Waals surface area contributed by atoms with Crippen molar-refractivity contribution >= 4 is 22.5 Å². The van der Waals surface area contributed by atoms with Crippen LogP contribution in [0.3, 0.4) is 0 Å². The minimum absolute atomic E-state index is 0.467. The van der Waals surface area contributed by atoms with Crippen LogP contribution in [0.5, 0.6) is 0 Å². The van der Waals surface area contributed by atoms with Gasteiger partial charge in [-0.3, -0.25) is 0 Å². The van der Waals surface area contributed by atoms with Gasteiger partial charge in [-0.15, -0.1) is 5.10 Å². The zero-order valence-electron chi connectivity index (χ0n) is 12.6. The molecule has 1 aliphatic rings. The normalized spacial score (nSPS) is 17.5. The number of anilines is 1. The molecule has 1 aromatic carbocycles. The summed E-state index contributed by atoms with van der Waals surface area (Å²) in [7, 11) is 0. The van der Waals surface area contributed by atoms with Gasteiger partial charge in [-0.2, -0.15) is 4.52 Å². The molecule has 2 heterocycles. The lowest BCUT2D eigenvalue weighted by molar-refractivity contribution is 0.471. The van der Waals surface area contributed by atoms with Gasteiger partial charge < -0.3 is 5.32 Å². The molecule has 22 heavy (non-hydrogen) atoms. The molecule has 0 radical (unpaired) electrons. The van der Waals surface area contributed by atoms with E-state index in [2.05, 4.69) is 20.8 Å². The molecular weight excluding hydrogens is 276 g/mol. The van der Waals surface area contributed by atoms with Crippen molar-refractivity contribution in [2.24, 2.45) is 0 Å². The van der Waals surface area contributed by atoms with Gasteiger partial charge in [0.1, 0.15) is 0 Å². The SMILES string of the molecule is c1ccc2c(c1)nc(NC1CCCCCCC1)c1nnnn12. The average molecular weight is 296 g/mol. The molecule has 3 aromatic rings. The molecule has 114 valence electrons. The van der Waals surface area contributed by atoms with Crippen LogP contribution in [0.4, 0.5) is 5.82 Å². The summed E-state index contributed by atoms with van der Waals surface area (Å²) in [5.74, 6) is 0.800. The van der Waals surface area contributed by atoms with E-state index < -0.39 is 0 Å². The van der Waals surface area contributed by atoms with Crippen LogP contribution in [0, 0.1) is 0 Å². The predicted molar refractivity (Wildman–Crippen MR) is 85.8 cm³/mol. The lowest BCUT2D eigenvalue weighted by Crippen LogP contribution is -2.22. The van der Waals surface area contributed by atoms with Gasteiger partial charge in [0.05, 0.1) is 11.0 Å². The Labute approximate surface area is 128 Å². The van der Waals surface area contributed by atoms with E-state index in [0.717, 1.165) is 16.9 Å². The molecular formula is C16H20N6. The second-order valence-corrected chi connectivity index (χ2v) is 6.05. The maximum atomic E-state index is 4.75. The van der Waals surface area contributed by atoms with Crippen LogP contribution in [0.15, 0.2) is 24.3 Å². The number of nitrogens with one attached hydrogen (secondary N) is 1. The summed E-state index contributed by atoms with van der Waals surface area (Å²) < 4.78 is 1.77. The molecule has 0 bridgehead atoms. The van der Waals surface area contributed by atoms with Crippen molar-refractivity contribution < 1.29 is 0 Å². The summed E-state index contributed by atoms with van der Waals surface area (Å²) in [6, 6.07) is 8.43. The van der Waals surface area contributed by atoms with Crippen molar-refractivity contribution in [3.8, 4) is 0 Å². The van der Waals surface area contributed by atoms with E-state index in [4.69, 9.17) is 4.98 Å². The maximum absolute atomic E-state index is 4.75. The molecule has 1 N–H and O–H groups in total. The first-order valence-corrected chi connectivity index (χ1v) is 8.15. The zero-order valence-corrected chi connectivity index (χ0v) is 12.6. The number of tetrazole rings is 1. The van der Waals surface area contributed by atoms with Gasteiger partial charge in [-0.05, 0) is 35.4 Å². The number of benzene rings is 1.